The maximum absolute atomic E-state index is 12.0. The average Bonchev–Trinajstić information content (AvgIpc) is 3.01. The van der Waals surface area contributed by atoms with Crippen molar-refractivity contribution in [1.29, 1.82) is 0 Å². The van der Waals surface area contributed by atoms with E-state index in [0.29, 0.717) is 0 Å². The first-order chi connectivity index (χ1) is 11.4. The van der Waals surface area contributed by atoms with Crippen molar-refractivity contribution in [2.75, 3.05) is 19.7 Å². The second kappa shape index (κ2) is 9.27. The normalized spacial score (nSPS) is 18.2. The van der Waals surface area contributed by atoms with Gasteiger partial charge in [-0.05, 0) is 59.6 Å². The van der Waals surface area contributed by atoms with Crippen LogP contribution in [0.25, 0.3) is 0 Å². The molecule has 1 fully saturated rings. The van der Waals surface area contributed by atoms with E-state index < -0.39 is 6.36 Å². The molecule has 3 rings (SSSR count). The van der Waals surface area contributed by atoms with E-state index in [1.54, 1.807) is 12.1 Å². The molecule has 0 saturated carbocycles. The number of likely N-dealkylation sites (tertiary alicyclic amines) is 1. The number of hydrogen-bond donors (Lipinski definition) is 0. The molecule has 2 heterocycles. The summed E-state index contributed by atoms with van der Waals surface area (Å²) in [6.45, 7) is 3.68. The zero-order valence-corrected chi connectivity index (χ0v) is 14.8. The lowest BCUT2D eigenvalue weighted by atomic mass is 10.1. The summed E-state index contributed by atoms with van der Waals surface area (Å²) >= 11 is 3.16. The van der Waals surface area contributed by atoms with Crippen LogP contribution in [0.15, 0.2) is 29.4 Å². The van der Waals surface area contributed by atoms with Crippen molar-refractivity contribution in [2.24, 2.45) is 5.16 Å². The van der Waals surface area contributed by atoms with E-state index in [2.05, 4.69) is 35.6 Å². The van der Waals surface area contributed by atoms with E-state index in [1.807, 2.05) is 0 Å². The van der Waals surface area contributed by atoms with Crippen LogP contribution in [0.2, 0.25) is 0 Å². The fourth-order valence-corrected chi connectivity index (χ4v) is 2.73. The van der Waals surface area contributed by atoms with Crippen molar-refractivity contribution in [3.63, 3.8) is 0 Å². The van der Waals surface area contributed by atoms with Crippen molar-refractivity contribution < 1.29 is 22.7 Å². The van der Waals surface area contributed by atoms with Crippen LogP contribution in [0.4, 0.5) is 13.2 Å². The van der Waals surface area contributed by atoms with Gasteiger partial charge in [0.1, 0.15) is 17.0 Å². The lowest BCUT2D eigenvalue weighted by Gasteiger charge is -2.26. The first-order valence-electron chi connectivity index (χ1n) is 7.84. The SMILES string of the molecule is BrC1=NOCC1.FC(F)(F)Oc1ccc(CN2CCCCC2)cc1. The van der Waals surface area contributed by atoms with Crippen LogP contribution in [0.1, 0.15) is 31.2 Å². The van der Waals surface area contributed by atoms with Gasteiger partial charge in [-0.25, -0.2) is 0 Å². The highest BCUT2D eigenvalue weighted by Crippen LogP contribution is 2.23. The van der Waals surface area contributed by atoms with Gasteiger partial charge in [0, 0.05) is 13.0 Å². The molecule has 8 heteroatoms. The van der Waals surface area contributed by atoms with Crippen LogP contribution >= 0.6 is 15.9 Å². The van der Waals surface area contributed by atoms with Crippen molar-refractivity contribution in [3.8, 4) is 5.75 Å². The molecule has 134 valence electrons. The van der Waals surface area contributed by atoms with Gasteiger partial charge in [0.15, 0.2) is 0 Å². The Morgan fingerprint density at radius 1 is 1.12 bits per heavy atom. The maximum atomic E-state index is 12.0. The molecule has 0 aliphatic carbocycles. The summed E-state index contributed by atoms with van der Waals surface area (Å²) < 4.78 is 40.7. The first kappa shape index (κ1) is 19.1. The molecule has 24 heavy (non-hydrogen) atoms. The summed E-state index contributed by atoms with van der Waals surface area (Å²) in [5.74, 6) is -0.162. The number of alkyl halides is 3. The highest BCUT2D eigenvalue weighted by molar-refractivity contribution is 9.18. The molecule has 0 spiro atoms. The third kappa shape index (κ3) is 7.53. The number of oxime groups is 1. The van der Waals surface area contributed by atoms with Gasteiger partial charge in [-0.2, -0.15) is 0 Å². The van der Waals surface area contributed by atoms with E-state index >= 15 is 0 Å². The lowest BCUT2D eigenvalue weighted by molar-refractivity contribution is -0.274. The van der Waals surface area contributed by atoms with E-state index in [4.69, 9.17) is 0 Å². The molecule has 0 unspecified atom stereocenters. The molecular formula is C16H20BrF3N2O2. The number of halogens is 4. The van der Waals surface area contributed by atoms with Crippen LogP contribution in [-0.4, -0.2) is 35.6 Å². The number of benzene rings is 1. The van der Waals surface area contributed by atoms with E-state index in [9.17, 15) is 13.2 Å². The average molecular weight is 409 g/mol. The Labute approximate surface area is 147 Å². The zero-order chi connectivity index (χ0) is 17.4. The molecule has 0 N–H and O–H groups in total. The summed E-state index contributed by atoms with van der Waals surface area (Å²) in [6.07, 6.45) is -0.00617. The van der Waals surface area contributed by atoms with Gasteiger partial charge in [0.2, 0.25) is 0 Å². The Morgan fingerprint density at radius 2 is 1.79 bits per heavy atom. The van der Waals surface area contributed by atoms with Crippen LogP contribution in [-0.2, 0) is 11.4 Å². The topological polar surface area (TPSA) is 34.1 Å². The zero-order valence-electron chi connectivity index (χ0n) is 13.2. The van der Waals surface area contributed by atoms with Gasteiger partial charge in [-0.3, -0.25) is 4.90 Å². The molecule has 4 nitrogen and oxygen atoms in total. The first-order valence-corrected chi connectivity index (χ1v) is 8.63. The second-order valence-electron chi connectivity index (χ2n) is 5.58. The quantitative estimate of drug-likeness (QED) is 0.727. The minimum atomic E-state index is -4.62. The molecule has 2 aliphatic heterocycles. The summed E-state index contributed by atoms with van der Waals surface area (Å²) in [7, 11) is 0. The van der Waals surface area contributed by atoms with Gasteiger partial charge in [-0.15, -0.1) is 13.2 Å². The predicted molar refractivity (Wildman–Crippen MR) is 89.2 cm³/mol. The number of ether oxygens (including phenoxy) is 1. The Hall–Kier alpha value is -1.28. The molecular weight excluding hydrogens is 389 g/mol. The van der Waals surface area contributed by atoms with Crippen molar-refractivity contribution >= 4 is 20.6 Å². The fraction of sp³-hybridized carbons (Fsp3) is 0.562. The molecule has 0 amide bonds. The highest BCUT2D eigenvalue weighted by Gasteiger charge is 2.30. The molecule has 0 aromatic heterocycles. The predicted octanol–water partition coefficient (Wildman–Crippen LogP) is 4.69. The molecule has 0 atom stereocenters. The van der Waals surface area contributed by atoms with Crippen molar-refractivity contribution in [1.82, 2.24) is 4.90 Å². The van der Waals surface area contributed by atoms with Crippen molar-refractivity contribution in [2.45, 2.75) is 38.6 Å². The van der Waals surface area contributed by atoms with Crippen molar-refractivity contribution in [3.05, 3.63) is 29.8 Å². The van der Waals surface area contributed by atoms with Crippen LogP contribution < -0.4 is 4.74 Å². The highest BCUT2D eigenvalue weighted by atomic mass is 79.9. The van der Waals surface area contributed by atoms with Crippen LogP contribution in [0.3, 0.4) is 0 Å². The number of hydrogen-bond acceptors (Lipinski definition) is 4. The second-order valence-corrected chi connectivity index (χ2v) is 6.49. The maximum Gasteiger partial charge on any atom is 0.573 e. The number of nitrogens with zero attached hydrogens (tertiary/aromatic N) is 2. The minimum absolute atomic E-state index is 0.162. The Balaban J connectivity index is 0.000000292. The third-order valence-corrected chi connectivity index (χ3v) is 4.12. The Kier molecular flexibility index (Phi) is 7.36. The van der Waals surface area contributed by atoms with Crippen LogP contribution in [0, 0.1) is 0 Å². The molecule has 1 aromatic rings. The molecule has 2 aliphatic rings. The van der Waals surface area contributed by atoms with E-state index in [1.165, 1.54) is 31.4 Å². The van der Waals surface area contributed by atoms with E-state index in [0.717, 1.165) is 42.8 Å². The summed E-state index contributed by atoms with van der Waals surface area (Å²) in [5, 5.41) is 3.57. The molecule has 1 aromatic carbocycles. The number of piperidine rings is 1. The minimum Gasteiger partial charge on any atom is -0.406 e. The summed E-state index contributed by atoms with van der Waals surface area (Å²) in [6, 6.07) is 6.12. The lowest BCUT2D eigenvalue weighted by Crippen LogP contribution is -2.29. The van der Waals surface area contributed by atoms with E-state index in [-0.39, 0.29) is 5.75 Å². The van der Waals surface area contributed by atoms with Gasteiger partial charge in [0.05, 0.1) is 0 Å². The molecule has 0 radical (unpaired) electrons. The van der Waals surface area contributed by atoms with Gasteiger partial charge in [-0.1, -0.05) is 23.7 Å². The monoisotopic (exact) mass is 408 g/mol. The summed E-state index contributed by atoms with van der Waals surface area (Å²) in [5.41, 5.74) is 1.02. The van der Waals surface area contributed by atoms with Crippen LogP contribution in [0.5, 0.6) is 5.75 Å². The fourth-order valence-electron chi connectivity index (χ4n) is 2.46. The van der Waals surface area contributed by atoms with Gasteiger partial charge < -0.3 is 9.57 Å². The molecule has 1 saturated heterocycles. The molecule has 0 bridgehead atoms. The third-order valence-electron chi connectivity index (χ3n) is 3.58. The Bertz CT molecular complexity index is 529. The Morgan fingerprint density at radius 3 is 2.25 bits per heavy atom. The van der Waals surface area contributed by atoms with Gasteiger partial charge in [0.25, 0.3) is 0 Å². The van der Waals surface area contributed by atoms with Gasteiger partial charge >= 0.3 is 6.36 Å². The largest absolute Gasteiger partial charge is 0.573 e. The standard InChI is InChI=1S/C13H16F3NO.C3H4BrNO/c14-13(15,16)18-12-6-4-11(5-7-12)10-17-8-2-1-3-9-17;4-3-1-2-6-5-3/h4-7H,1-3,8-10H2;1-2H2. The number of rotatable bonds is 3. The summed E-state index contributed by atoms with van der Waals surface area (Å²) in [4.78, 5) is 6.92. The smallest absolute Gasteiger partial charge is 0.406 e.